The summed E-state index contributed by atoms with van der Waals surface area (Å²) in [6, 6.07) is 0. The van der Waals surface area contributed by atoms with Crippen molar-refractivity contribution in [2.75, 3.05) is 32.8 Å². The molecule has 1 rings (SSSR count). The number of halogens is 4. The fourth-order valence-corrected chi connectivity index (χ4v) is 2.37. The first-order valence-electron chi connectivity index (χ1n) is 7.48. The fraction of sp³-hybridized carbons (Fsp3) is 0.714. The molecule has 2 N–H and O–H groups in total. The van der Waals surface area contributed by atoms with E-state index in [1.807, 2.05) is 19.2 Å². The molecule has 140 valence electrons. The lowest BCUT2D eigenvalue weighted by Gasteiger charge is -2.11. The molecule has 1 aromatic heterocycles. The van der Waals surface area contributed by atoms with Gasteiger partial charge in [0, 0.05) is 38.0 Å². The van der Waals surface area contributed by atoms with Crippen LogP contribution in [0.4, 0.5) is 13.2 Å². The Hall–Kier alpha value is -0.620. The number of ether oxygens (including phenoxy) is 1. The number of rotatable bonds is 9. The molecular formula is C14H24F3IN4OS. The molecule has 0 saturated heterocycles. The number of alkyl halides is 3. The summed E-state index contributed by atoms with van der Waals surface area (Å²) in [4.78, 5) is 8.68. The van der Waals surface area contributed by atoms with Crippen LogP contribution in [0.2, 0.25) is 0 Å². The highest BCUT2D eigenvalue weighted by Gasteiger charge is 2.27. The third-order valence-electron chi connectivity index (χ3n) is 2.67. The van der Waals surface area contributed by atoms with Crippen LogP contribution < -0.4 is 10.6 Å². The Morgan fingerprint density at radius 2 is 2.12 bits per heavy atom. The van der Waals surface area contributed by atoms with Crippen LogP contribution in [-0.4, -0.2) is 50.0 Å². The maximum atomic E-state index is 11.9. The van der Waals surface area contributed by atoms with Gasteiger partial charge in [0.05, 0.1) is 10.7 Å². The molecule has 0 fully saturated rings. The summed E-state index contributed by atoms with van der Waals surface area (Å²) >= 11 is 1.62. The number of aromatic nitrogens is 1. The van der Waals surface area contributed by atoms with Crippen LogP contribution in [0.15, 0.2) is 10.4 Å². The van der Waals surface area contributed by atoms with E-state index in [0.29, 0.717) is 32.0 Å². The topological polar surface area (TPSA) is 58.5 Å². The van der Waals surface area contributed by atoms with E-state index in [-0.39, 0.29) is 30.6 Å². The summed E-state index contributed by atoms with van der Waals surface area (Å²) in [6.07, 6.45) is -3.03. The lowest BCUT2D eigenvalue weighted by Crippen LogP contribution is -2.38. The average Bonchev–Trinajstić information content (AvgIpc) is 2.87. The molecule has 1 aromatic rings. The zero-order chi connectivity index (χ0) is 17.1. The summed E-state index contributed by atoms with van der Waals surface area (Å²) in [7, 11) is 0. The van der Waals surface area contributed by atoms with Crippen molar-refractivity contribution in [2.24, 2.45) is 4.99 Å². The monoisotopic (exact) mass is 480 g/mol. The number of aliphatic imine (C=N–C) groups is 1. The first kappa shape index (κ1) is 23.4. The quantitative estimate of drug-likeness (QED) is 0.247. The minimum absolute atomic E-state index is 0. The van der Waals surface area contributed by atoms with Crippen LogP contribution in [0.25, 0.3) is 0 Å². The zero-order valence-electron chi connectivity index (χ0n) is 13.8. The van der Waals surface area contributed by atoms with Crippen LogP contribution in [0.5, 0.6) is 0 Å². The summed E-state index contributed by atoms with van der Waals surface area (Å²) in [6.45, 7) is 4.57. The number of nitrogens with zero attached hydrogens (tertiary/aromatic N) is 2. The predicted octanol–water partition coefficient (Wildman–Crippen LogP) is 3.14. The van der Waals surface area contributed by atoms with Gasteiger partial charge in [0.25, 0.3) is 0 Å². The van der Waals surface area contributed by atoms with Crippen molar-refractivity contribution in [1.29, 1.82) is 0 Å². The number of nitrogens with one attached hydrogen (secondary N) is 2. The lowest BCUT2D eigenvalue weighted by atomic mass is 10.3. The third kappa shape index (κ3) is 11.8. The normalized spacial score (nSPS) is 12.0. The molecule has 0 saturated carbocycles. The predicted molar refractivity (Wildman–Crippen MR) is 101 cm³/mol. The molecule has 0 atom stereocenters. The van der Waals surface area contributed by atoms with Crippen LogP contribution in [0.1, 0.15) is 24.0 Å². The van der Waals surface area contributed by atoms with Gasteiger partial charge < -0.3 is 15.4 Å². The highest BCUT2D eigenvalue weighted by Crippen LogP contribution is 2.14. The van der Waals surface area contributed by atoms with E-state index in [4.69, 9.17) is 0 Å². The second kappa shape index (κ2) is 12.7. The standard InChI is InChI=1S/C14H23F3N4OS.HI/c1-3-18-13(19-6-4-8-22-10-14(15,16)17)20-7-5-12-9-23-11(2)21-12;/h9H,3-8,10H2,1-2H3,(H2,18,19,20);1H. The molecule has 0 aromatic carbocycles. The maximum Gasteiger partial charge on any atom is 0.411 e. The highest BCUT2D eigenvalue weighted by molar-refractivity contribution is 14.0. The van der Waals surface area contributed by atoms with Crippen molar-refractivity contribution in [3.63, 3.8) is 0 Å². The number of guanidine groups is 1. The van der Waals surface area contributed by atoms with Crippen LogP contribution in [0, 0.1) is 6.92 Å². The van der Waals surface area contributed by atoms with E-state index in [1.165, 1.54) is 0 Å². The molecule has 0 bridgehead atoms. The minimum atomic E-state index is -4.27. The van der Waals surface area contributed by atoms with Crippen LogP contribution in [0.3, 0.4) is 0 Å². The summed E-state index contributed by atoms with van der Waals surface area (Å²) in [5.74, 6) is 0.648. The van der Waals surface area contributed by atoms with Crippen molar-refractivity contribution in [2.45, 2.75) is 32.9 Å². The van der Waals surface area contributed by atoms with Crippen molar-refractivity contribution < 1.29 is 17.9 Å². The number of hydrogen-bond acceptors (Lipinski definition) is 4. The Morgan fingerprint density at radius 3 is 2.71 bits per heavy atom. The van der Waals surface area contributed by atoms with Gasteiger partial charge in [0.1, 0.15) is 6.61 Å². The smallest absolute Gasteiger partial charge is 0.372 e. The second-order valence-electron chi connectivity index (χ2n) is 4.82. The van der Waals surface area contributed by atoms with E-state index in [9.17, 15) is 13.2 Å². The SMILES string of the molecule is CCNC(=NCCCOCC(F)(F)F)NCCc1csc(C)n1.I. The van der Waals surface area contributed by atoms with Crippen molar-refractivity contribution >= 4 is 41.3 Å². The largest absolute Gasteiger partial charge is 0.411 e. The molecule has 0 amide bonds. The van der Waals surface area contributed by atoms with E-state index in [2.05, 4.69) is 25.3 Å². The van der Waals surface area contributed by atoms with Gasteiger partial charge in [0.2, 0.25) is 0 Å². The lowest BCUT2D eigenvalue weighted by molar-refractivity contribution is -0.173. The van der Waals surface area contributed by atoms with E-state index < -0.39 is 12.8 Å². The summed E-state index contributed by atoms with van der Waals surface area (Å²) in [5, 5.41) is 9.33. The van der Waals surface area contributed by atoms with E-state index in [1.54, 1.807) is 11.3 Å². The number of thiazole rings is 1. The molecular weight excluding hydrogens is 456 g/mol. The molecule has 10 heteroatoms. The molecule has 0 spiro atoms. The van der Waals surface area contributed by atoms with Gasteiger partial charge in [-0.2, -0.15) is 13.2 Å². The first-order chi connectivity index (χ1) is 10.9. The van der Waals surface area contributed by atoms with Gasteiger partial charge in [-0.1, -0.05) is 0 Å². The van der Waals surface area contributed by atoms with Crippen molar-refractivity contribution in [3.8, 4) is 0 Å². The highest BCUT2D eigenvalue weighted by atomic mass is 127. The van der Waals surface area contributed by atoms with Gasteiger partial charge in [-0.05, 0) is 20.3 Å². The van der Waals surface area contributed by atoms with Crippen molar-refractivity contribution in [1.82, 2.24) is 15.6 Å². The molecule has 0 aliphatic rings. The molecule has 5 nitrogen and oxygen atoms in total. The molecule has 1 heterocycles. The van der Waals surface area contributed by atoms with E-state index in [0.717, 1.165) is 17.1 Å². The first-order valence-corrected chi connectivity index (χ1v) is 8.36. The zero-order valence-corrected chi connectivity index (χ0v) is 16.9. The van der Waals surface area contributed by atoms with Crippen LogP contribution in [-0.2, 0) is 11.2 Å². The molecule has 24 heavy (non-hydrogen) atoms. The van der Waals surface area contributed by atoms with Crippen molar-refractivity contribution in [3.05, 3.63) is 16.1 Å². The molecule has 0 unspecified atom stereocenters. The molecule has 0 aliphatic heterocycles. The Kier molecular flexibility index (Phi) is 12.4. The van der Waals surface area contributed by atoms with Gasteiger partial charge >= 0.3 is 6.18 Å². The average molecular weight is 480 g/mol. The summed E-state index contributed by atoms with van der Waals surface area (Å²) < 4.78 is 40.2. The van der Waals surface area contributed by atoms with Gasteiger partial charge in [-0.3, -0.25) is 4.99 Å². The Bertz CT molecular complexity index is 483. The molecule has 0 radical (unpaired) electrons. The number of aryl methyl sites for hydroxylation is 1. The van der Waals surface area contributed by atoms with E-state index >= 15 is 0 Å². The van der Waals surface area contributed by atoms with Gasteiger partial charge in [-0.25, -0.2) is 4.98 Å². The second-order valence-corrected chi connectivity index (χ2v) is 5.88. The Morgan fingerprint density at radius 1 is 1.38 bits per heavy atom. The third-order valence-corrected chi connectivity index (χ3v) is 3.49. The maximum absolute atomic E-state index is 11.9. The summed E-state index contributed by atoms with van der Waals surface area (Å²) in [5.41, 5.74) is 1.04. The van der Waals surface area contributed by atoms with Gasteiger partial charge in [0.15, 0.2) is 5.96 Å². The Labute approximate surface area is 161 Å². The van der Waals surface area contributed by atoms with Gasteiger partial charge in [-0.15, -0.1) is 35.3 Å². The minimum Gasteiger partial charge on any atom is -0.372 e. The van der Waals surface area contributed by atoms with Crippen LogP contribution >= 0.6 is 35.3 Å². The number of hydrogen-bond donors (Lipinski definition) is 2. The Balaban J connectivity index is 0.00000529. The fourth-order valence-electron chi connectivity index (χ4n) is 1.72. The molecule has 0 aliphatic carbocycles.